The van der Waals surface area contributed by atoms with Crippen LogP contribution in [0.4, 0.5) is 0 Å². The van der Waals surface area contributed by atoms with Crippen LogP contribution in [0.3, 0.4) is 0 Å². The molecule has 0 N–H and O–H groups in total. The number of unbranched alkanes of at least 4 members (excludes halogenated alkanes) is 3. The summed E-state index contributed by atoms with van der Waals surface area (Å²) < 4.78 is 22.7. The van der Waals surface area contributed by atoms with Gasteiger partial charge in [0.2, 0.25) is 5.78 Å². The molecule has 2 aromatic heterocycles. The lowest BCUT2D eigenvalue weighted by Gasteiger charge is -2.08. The highest BCUT2D eigenvalue weighted by molar-refractivity contribution is 6.20. The molecule has 7 heteroatoms. The maximum Gasteiger partial charge on any atom is 0.336 e. The molecule has 0 aliphatic carbocycles. The fourth-order valence-corrected chi connectivity index (χ4v) is 4.82. The first kappa shape index (κ1) is 26.9. The van der Waals surface area contributed by atoms with Crippen molar-refractivity contribution in [3.05, 3.63) is 100 Å². The van der Waals surface area contributed by atoms with Crippen molar-refractivity contribution in [3.63, 3.8) is 0 Å². The van der Waals surface area contributed by atoms with Gasteiger partial charge in [-0.1, -0.05) is 42.5 Å². The van der Waals surface area contributed by atoms with E-state index in [4.69, 9.17) is 18.3 Å². The average Bonchev–Trinajstić information content (AvgIpc) is 3.35. The summed E-state index contributed by atoms with van der Waals surface area (Å²) in [6.45, 7) is 4.21. The molecule has 0 atom stereocenters. The second-order valence-electron chi connectivity index (χ2n) is 9.70. The summed E-state index contributed by atoms with van der Waals surface area (Å²) in [4.78, 5) is 37.0. The number of carbonyl (C=O) groups is 2. The minimum atomic E-state index is -0.458. The first-order chi connectivity index (χ1) is 19.4. The van der Waals surface area contributed by atoms with Crippen LogP contribution < -0.4 is 10.4 Å². The van der Waals surface area contributed by atoms with Gasteiger partial charge in [-0.3, -0.25) is 9.59 Å². The van der Waals surface area contributed by atoms with E-state index < -0.39 is 5.63 Å². The fourth-order valence-electron chi connectivity index (χ4n) is 4.82. The zero-order valence-corrected chi connectivity index (χ0v) is 22.5. The number of hydrogen-bond acceptors (Lipinski definition) is 7. The summed E-state index contributed by atoms with van der Waals surface area (Å²) >= 11 is 0. The van der Waals surface area contributed by atoms with Crippen molar-refractivity contribution in [2.24, 2.45) is 0 Å². The van der Waals surface area contributed by atoms with Crippen molar-refractivity contribution in [2.75, 3.05) is 13.2 Å². The van der Waals surface area contributed by atoms with E-state index in [9.17, 15) is 14.4 Å². The highest BCUT2D eigenvalue weighted by Gasteiger charge is 2.26. The second-order valence-corrected chi connectivity index (χ2v) is 9.70. The van der Waals surface area contributed by atoms with E-state index in [1.807, 2.05) is 49.4 Å². The normalized spacial score (nSPS) is 11.2. The van der Waals surface area contributed by atoms with Gasteiger partial charge in [-0.05, 0) is 68.0 Å². The van der Waals surface area contributed by atoms with Gasteiger partial charge in [0.25, 0.3) is 0 Å². The Bertz CT molecular complexity index is 1730. The summed E-state index contributed by atoms with van der Waals surface area (Å²) in [5, 5.41) is 1.37. The number of furan rings is 1. The number of ketones is 1. The predicted octanol–water partition coefficient (Wildman–Crippen LogP) is 7.25. The lowest BCUT2D eigenvalue weighted by Crippen LogP contribution is -2.04. The highest BCUT2D eigenvalue weighted by atomic mass is 16.5. The Labute approximate surface area is 231 Å². The maximum atomic E-state index is 13.9. The lowest BCUT2D eigenvalue weighted by atomic mass is 9.96. The van der Waals surface area contributed by atoms with E-state index in [-0.39, 0.29) is 17.5 Å². The number of ether oxygens (including phenoxy) is 2. The molecular weight excluding hydrogens is 508 g/mol. The number of aryl methyl sites for hydroxylation is 1. The highest BCUT2D eigenvalue weighted by Crippen LogP contribution is 2.40. The zero-order chi connectivity index (χ0) is 28.1. The molecule has 0 radical (unpaired) electrons. The molecule has 204 valence electrons. The monoisotopic (exact) mass is 538 g/mol. The molecule has 7 nitrogen and oxygen atoms in total. The van der Waals surface area contributed by atoms with Crippen LogP contribution in [0.5, 0.6) is 5.75 Å². The number of hydrogen-bond donors (Lipinski definition) is 0. The molecule has 3 aromatic carbocycles. The molecule has 0 aliphatic heterocycles. The standard InChI is InChI=1S/C33H30O7/c1-21-19-28(35)40-32-26(21)15-16-27-30(32)29(23-11-6-5-7-12-23)33(39-27)31(36)24-13-10-14-25(20-24)38-18-9-4-3-8-17-37-22(2)34/h5-7,10-16,19-20H,3-4,8-9,17-18H2,1-2H3. The first-order valence-electron chi connectivity index (χ1n) is 13.4. The van der Waals surface area contributed by atoms with Crippen LogP contribution in [0.15, 0.2) is 86.4 Å². The minimum absolute atomic E-state index is 0.169. The molecular formula is C33H30O7. The Morgan fingerprint density at radius 1 is 0.825 bits per heavy atom. The van der Waals surface area contributed by atoms with Crippen LogP contribution in [0.25, 0.3) is 33.1 Å². The molecule has 0 fully saturated rings. The third-order valence-corrected chi connectivity index (χ3v) is 6.75. The summed E-state index contributed by atoms with van der Waals surface area (Å²) in [6, 6.07) is 21.6. The van der Waals surface area contributed by atoms with Crippen molar-refractivity contribution >= 4 is 33.7 Å². The average molecular weight is 539 g/mol. The van der Waals surface area contributed by atoms with Gasteiger partial charge >= 0.3 is 11.6 Å². The molecule has 0 bridgehead atoms. The summed E-state index contributed by atoms with van der Waals surface area (Å²) in [5.41, 5.74) is 2.98. The molecule has 0 saturated carbocycles. The van der Waals surface area contributed by atoms with Crippen LogP contribution in [0, 0.1) is 6.92 Å². The quantitative estimate of drug-likeness (QED) is 0.0756. The smallest absolute Gasteiger partial charge is 0.336 e. The third kappa shape index (κ3) is 5.83. The minimum Gasteiger partial charge on any atom is -0.494 e. The van der Waals surface area contributed by atoms with Crippen LogP contribution in [-0.2, 0) is 9.53 Å². The number of benzene rings is 3. The van der Waals surface area contributed by atoms with E-state index in [1.165, 1.54) is 13.0 Å². The Hall–Kier alpha value is -4.65. The summed E-state index contributed by atoms with van der Waals surface area (Å²) in [6.07, 6.45) is 3.56. The molecule has 5 rings (SSSR count). The van der Waals surface area contributed by atoms with Gasteiger partial charge in [-0.2, -0.15) is 0 Å². The van der Waals surface area contributed by atoms with Crippen molar-refractivity contribution in [3.8, 4) is 16.9 Å². The molecule has 0 spiro atoms. The number of carbonyl (C=O) groups excluding carboxylic acids is 2. The van der Waals surface area contributed by atoms with Gasteiger partial charge in [0.05, 0.1) is 18.6 Å². The number of esters is 1. The first-order valence-corrected chi connectivity index (χ1v) is 13.4. The second kappa shape index (κ2) is 12.0. The topological polar surface area (TPSA) is 96.0 Å². The molecule has 40 heavy (non-hydrogen) atoms. The molecule has 0 saturated heterocycles. The third-order valence-electron chi connectivity index (χ3n) is 6.75. The van der Waals surface area contributed by atoms with Crippen molar-refractivity contribution in [1.82, 2.24) is 0 Å². The molecule has 0 unspecified atom stereocenters. The fraction of sp³-hybridized carbons (Fsp3) is 0.242. The van der Waals surface area contributed by atoms with E-state index in [0.717, 1.165) is 42.2 Å². The SMILES string of the molecule is CC(=O)OCCCCCCOc1cccc(C(=O)c2oc3ccc4c(C)cc(=O)oc4c3c2-c2ccccc2)c1. The van der Waals surface area contributed by atoms with Crippen LogP contribution in [0.2, 0.25) is 0 Å². The van der Waals surface area contributed by atoms with E-state index in [1.54, 1.807) is 24.3 Å². The Kier molecular flexibility index (Phi) is 8.10. The van der Waals surface area contributed by atoms with Gasteiger partial charge in [0.15, 0.2) is 5.76 Å². The Morgan fingerprint density at radius 3 is 2.38 bits per heavy atom. The van der Waals surface area contributed by atoms with Crippen molar-refractivity contribution in [2.45, 2.75) is 39.5 Å². The van der Waals surface area contributed by atoms with Gasteiger partial charge in [-0.25, -0.2) is 4.79 Å². The van der Waals surface area contributed by atoms with Gasteiger partial charge in [-0.15, -0.1) is 0 Å². The Morgan fingerprint density at radius 2 is 1.60 bits per heavy atom. The van der Waals surface area contributed by atoms with Crippen LogP contribution in [-0.4, -0.2) is 25.0 Å². The lowest BCUT2D eigenvalue weighted by molar-refractivity contribution is -0.141. The van der Waals surface area contributed by atoms with Crippen LogP contribution >= 0.6 is 0 Å². The molecule has 0 amide bonds. The number of fused-ring (bicyclic) bond motifs is 3. The summed E-state index contributed by atoms with van der Waals surface area (Å²) in [7, 11) is 0. The number of rotatable bonds is 11. The Balaban J connectivity index is 1.42. The molecule has 0 aliphatic rings. The van der Waals surface area contributed by atoms with Crippen molar-refractivity contribution < 1.29 is 27.9 Å². The van der Waals surface area contributed by atoms with Gasteiger partial charge in [0.1, 0.15) is 16.9 Å². The van der Waals surface area contributed by atoms with E-state index in [2.05, 4.69) is 0 Å². The van der Waals surface area contributed by atoms with E-state index >= 15 is 0 Å². The van der Waals surface area contributed by atoms with Crippen LogP contribution in [0.1, 0.15) is 54.3 Å². The summed E-state index contributed by atoms with van der Waals surface area (Å²) in [5.74, 6) is 0.207. The molecule has 5 aromatic rings. The maximum absolute atomic E-state index is 13.9. The van der Waals surface area contributed by atoms with Gasteiger partial charge < -0.3 is 18.3 Å². The molecule has 2 heterocycles. The van der Waals surface area contributed by atoms with E-state index in [0.29, 0.717) is 46.6 Å². The van der Waals surface area contributed by atoms with Crippen molar-refractivity contribution in [1.29, 1.82) is 0 Å². The zero-order valence-electron chi connectivity index (χ0n) is 22.5. The predicted molar refractivity (Wildman–Crippen MR) is 153 cm³/mol. The van der Waals surface area contributed by atoms with Gasteiger partial charge in [0, 0.05) is 29.5 Å². The largest absolute Gasteiger partial charge is 0.494 e.